The van der Waals surface area contributed by atoms with Gasteiger partial charge >= 0.3 is 0 Å². The third kappa shape index (κ3) is 3.49. The molecular weight excluding hydrogens is 258 g/mol. The summed E-state index contributed by atoms with van der Waals surface area (Å²) in [6, 6.07) is 0.163. The van der Waals surface area contributed by atoms with E-state index in [1.807, 2.05) is 16.7 Å². The number of piperidine rings is 1. The molecule has 2 unspecified atom stereocenters. The molecule has 0 aromatic carbocycles. The molecule has 0 spiro atoms. The van der Waals surface area contributed by atoms with E-state index in [4.69, 9.17) is 4.74 Å². The lowest BCUT2D eigenvalue weighted by Crippen LogP contribution is -2.58. The number of nitrogens with one attached hydrogen (secondary N) is 1. The smallest absolute Gasteiger partial charge is 0.251 e. The van der Waals surface area contributed by atoms with E-state index in [1.54, 1.807) is 6.92 Å². The summed E-state index contributed by atoms with van der Waals surface area (Å²) in [5.74, 6) is 0.188. The van der Waals surface area contributed by atoms with E-state index in [-0.39, 0.29) is 17.9 Å². The van der Waals surface area contributed by atoms with Crippen LogP contribution < -0.4 is 5.32 Å². The number of carbonyl (C=O) groups is 2. The minimum absolute atomic E-state index is 0.0409. The molecule has 0 bridgehead atoms. The maximum atomic E-state index is 12.3. The fourth-order valence-electron chi connectivity index (χ4n) is 2.99. The number of amides is 2. The van der Waals surface area contributed by atoms with Crippen LogP contribution in [0.2, 0.25) is 0 Å². The van der Waals surface area contributed by atoms with E-state index in [2.05, 4.69) is 5.32 Å². The minimum atomic E-state index is -0.391. The lowest BCUT2D eigenvalue weighted by atomic mass is 10.0. The number of ether oxygens (including phenoxy) is 1. The van der Waals surface area contributed by atoms with E-state index >= 15 is 0 Å². The summed E-state index contributed by atoms with van der Waals surface area (Å²) in [6.45, 7) is 7.64. The molecule has 0 aliphatic carbocycles. The number of carbonyl (C=O) groups excluding carboxylic acids is 2. The Balaban J connectivity index is 1.94. The van der Waals surface area contributed by atoms with Gasteiger partial charge in [0.15, 0.2) is 0 Å². The monoisotopic (exact) mass is 283 g/mol. The molecule has 6 heteroatoms. The molecule has 2 heterocycles. The third-order valence-electron chi connectivity index (χ3n) is 4.04. The quantitative estimate of drug-likeness (QED) is 0.778. The number of hydrogen-bond donors (Lipinski definition) is 1. The van der Waals surface area contributed by atoms with Crippen LogP contribution in [-0.4, -0.2) is 73.1 Å². The van der Waals surface area contributed by atoms with E-state index in [9.17, 15) is 9.59 Å². The number of piperazine rings is 1. The summed E-state index contributed by atoms with van der Waals surface area (Å²) < 4.78 is 5.38. The summed E-state index contributed by atoms with van der Waals surface area (Å²) >= 11 is 0. The lowest BCUT2D eigenvalue weighted by Gasteiger charge is -2.41. The standard InChI is InChI=1S/C14H25N3O3/c1-3-20-11(2)14(19)16-7-4-5-12(10-16)17-8-6-15-9-13(17)18/h11-12,15H,3-10H2,1-2H3. The van der Waals surface area contributed by atoms with Gasteiger partial charge in [-0.2, -0.15) is 0 Å². The van der Waals surface area contributed by atoms with Crippen LogP contribution in [0.1, 0.15) is 26.7 Å². The summed E-state index contributed by atoms with van der Waals surface area (Å²) in [5, 5.41) is 3.08. The topological polar surface area (TPSA) is 61.9 Å². The molecule has 2 rings (SSSR count). The second-order valence-corrected chi connectivity index (χ2v) is 5.44. The van der Waals surface area contributed by atoms with Gasteiger partial charge in [0.1, 0.15) is 6.10 Å². The van der Waals surface area contributed by atoms with Crippen molar-refractivity contribution in [3.8, 4) is 0 Å². The molecule has 2 aliphatic rings. The first kappa shape index (κ1) is 15.3. The highest BCUT2D eigenvalue weighted by atomic mass is 16.5. The zero-order chi connectivity index (χ0) is 14.5. The van der Waals surface area contributed by atoms with Crippen LogP contribution in [0.15, 0.2) is 0 Å². The van der Waals surface area contributed by atoms with Crippen molar-refractivity contribution in [3.05, 3.63) is 0 Å². The second-order valence-electron chi connectivity index (χ2n) is 5.44. The Bertz CT molecular complexity index is 362. The maximum absolute atomic E-state index is 12.3. The Kier molecular flexibility index (Phi) is 5.37. The molecule has 20 heavy (non-hydrogen) atoms. The zero-order valence-electron chi connectivity index (χ0n) is 12.4. The van der Waals surface area contributed by atoms with Crippen molar-refractivity contribution in [2.75, 3.05) is 39.3 Å². The first-order valence-corrected chi connectivity index (χ1v) is 7.54. The minimum Gasteiger partial charge on any atom is -0.369 e. The van der Waals surface area contributed by atoms with Crippen molar-refractivity contribution in [2.24, 2.45) is 0 Å². The van der Waals surface area contributed by atoms with Crippen LogP contribution in [0.3, 0.4) is 0 Å². The largest absolute Gasteiger partial charge is 0.369 e. The highest BCUT2D eigenvalue weighted by molar-refractivity contribution is 5.81. The molecule has 2 aliphatic heterocycles. The first-order valence-electron chi connectivity index (χ1n) is 7.54. The van der Waals surface area contributed by atoms with Gasteiger partial charge in [0.05, 0.1) is 6.54 Å². The van der Waals surface area contributed by atoms with E-state index in [1.165, 1.54) is 0 Å². The molecule has 0 saturated carbocycles. The molecule has 2 fully saturated rings. The van der Waals surface area contributed by atoms with Crippen molar-refractivity contribution in [2.45, 2.75) is 38.8 Å². The van der Waals surface area contributed by atoms with Crippen molar-refractivity contribution in [1.29, 1.82) is 0 Å². The second kappa shape index (κ2) is 7.04. The molecule has 1 N–H and O–H groups in total. The van der Waals surface area contributed by atoms with Crippen LogP contribution in [0.5, 0.6) is 0 Å². The summed E-state index contributed by atoms with van der Waals surface area (Å²) in [5.41, 5.74) is 0. The predicted molar refractivity (Wildman–Crippen MR) is 75.3 cm³/mol. The Morgan fingerprint density at radius 3 is 3.00 bits per heavy atom. The first-order chi connectivity index (χ1) is 9.63. The molecular formula is C14H25N3O3. The Hall–Kier alpha value is -1.14. The number of rotatable bonds is 4. The van der Waals surface area contributed by atoms with Gasteiger partial charge in [-0.3, -0.25) is 9.59 Å². The molecule has 6 nitrogen and oxygen atoms in total. The zero-order valence-corrected chi connectivity index (χ0v) is 12.4. The highest BCUT2D eigenvalue weighted by Crippen LogP contribution is 2.18. The van der Waals surface area contributed by atoms with E-state index in [0.29, 0.717) is 19.7 Å². The van der Waals surface area contributed by atoms with Gasteiger partial charge in [-0.1, -0.05) is 0 Å². The summed E-state index contributed by atoms with van der Waals surface area (Å²) in [4.78, 5) is 28.0. The molecule has 2 amide bonds. The average Bonchev–Trinajstić information content (AvgIpc) is 2.47. The third-order valence-corrected chi connectivity index (χ3v) is 4.04. The van der Waals surface area contributed by atoms with Gasteiger partial charge in [0.2, 0.25) is 5.91 Å². The molecule has 2 atom stereocenters. The van der Waals surface area contributed by atoms with Gasteiger partial charge in [-0.25, -0.2) is 0 Å². The van der Waals surface area contributed by atoms with Crippen LogP contribution >= 0.6 is 0 Å². The number of likely N-dealkylation sites (tertiary alicyclic amines) is 1. The average molecular weight is 283 g/mol. The molecule has 114 valence electrons. The number of nitrogens with zero attached hydrogens (tertiary/aromatic N) is 2. The van der Waals surface area contributed by atoms with Crippen molar-refractivity contribution >= 4 is 11.8 Å². The molecule has 0 radical (unpaired) electrons. The van der Waals surface area contributed by atoms with Crippen molar-refractivity contribution < 1.29 is 14.3 Å². The van der Waals surface area contributed by atoms with Gasteiger partial charge in [-0.15, -0.1) is 0 Å². The van der Waals surface area contributed by atoms with Gasteiger partial charge in [-0.05, 0) is 26.7 Å². The van der Waals surface area contributed by atoms with Crippen molar-refractivity contribution in [1.82, 2.24) is 15.1 Å². The lowest BCUT2D eigenvalue weighted by molar-refractivity contribution is -0.147. The summed E-state index contributed by atoms with van der Waals surface area (Å²) in [6.07, 6.45) is 1.54. The Morgan fingerprint density at radius 1 is 1.50 bits per heavy atom. The SMILES string of the molecule is CCOC(C)C(=O)N1CCCC(N2CCNCC2=O)C1. The molecule has 2 saturated heterocycles. The van der Waals surface area contributed by atoms with Gasteiger partial charge < -0.3 is 19.9 Å². The Labute approximate surface area is 120 Å². The van der Waals surface area contributed by atoms with Crippen LogP contribution in [0.4, 0.5) is 0 Å². The maximum Gasteiger partial charge on any atom is 0.251 e. The molecule has 0 aromatic rings. The van der Waals surface area contributed by atoms with E-state index < -0.39 is 6.10 Å². The van der Waals surface area contributed by atoms with Crippen LogP contribution in [0.25, 0.3) is 0 Å². The highest BCUT2D eigenvalue weighted by Gasteiger charge is 2.32. The summed E-state index contributed by atoms with van der Waals surface area (Å²) in [7, 11) is 0. The molecule has 0 aromatic heterocycles. The van der Waals surface area contributed by atoms with Crippen molar-refractivity contribution in [3.63, 3.8) is 0 Å². The fourth-order valence-corrected chi connectivity index (χ4v) is 2.99. The Morgan fingerprint density at radius 2 is 2.30 bits per heavy atom. The number of hydrogen-bond acceptors (Lipinski definition) is 4. The van der Waals surface area contributed by atoms with E-state index in [0.717, 1.165) is 32.5 Å². The van der Waals surface area contributed by atoms with Crippen LogP contribution in [0, 0.1) is 0 Å². The van der Waals surface area contributed by atoms with Gasteiger partial charge in [0, 0.05) is 38.8 Å². The fraction of sp³-hybridized carbons (Fsp3) is 0.857. The normalized spacial score (nSPS) is 25.7. The van der Waals surface area contributed by atoms with Gasteiger partial charge in [0.25, 0.3) is 5.91 Å². The van der Waals surface area contributed by atoms with Crippen LogP contribution in [-0.2, 0) is 14.3 Å². The predicted octanol–water partition coefficient (Wildman–Crippen LogP) is -0.166.